The fraction of sp³-hybridized carbons (Fsp3) is 0.483. The summed E-state index contributed by atoms with van der Waals surface area (Å²) in [6, 6.07) is 8.92. The molecule has 0 spiro atoms. The van der Waals surface area contributed by atoms with Gasteiger partial charge >= 0.3 is 6.03 Å². The molecule has 1 fully saturated rings. The van der Waals surface area contributed by atoms with E-state index in [1.54, 1.807) is 26.1 Å². The molecule has 1 heterocycles. The van der Waals surface area contributed by atoms with Crippen molar-refractivity contribution in [1.29, 1.82) is 0 Å². The van der Waals surface area contributed by atoms with E-state index < -0.39 is 39.6 Å². The summed E-state index contributed by atoms with van der Waals surface area (Å²) in [7, 11) is -2.47. The summed E-state index contributed by atoms with van der Waals surface area (Å²) < 4.78 is 48.5. The third-order valence-electron chi connectivity index (χ3n) is 7.41. The lowest BCUT2D eigenvalue weighted by atomic mass is 10.0. The number of benzene rings is 2. The molecule has 3 atom stereocenters. The van der Waals surface area contributed by atoms with Crippen LogP contribution < -0.4 is 10.1 Å². The maximum atomic E-state index is 13.7. The summed E-state index contributed by atoms with van der Waals surface area (Å²) in [6.45, 7) is 3.23. The number of hydrogen-bond donors (Lipinski definition) is 3. The average molecular weight is 574 g/mol. The molecule has 2 aromatic rings. The highest BCUT2D eigenvalue weighted by atomic mass is 32.2. The Bertz CT molecular complexity index is 1400. The highest BCUT2D eigenvalue weighted by Gasteiger charge is 2.38. The number of aliphatic hydroxyl groups is 2. The smallest absolute Gasteiger partial charge is 0.321 e. The minimum Gasteiger partial charge on any atom is -0.487 e. The molecule has 40 heavy (non-hydrogen) atoms. The lowest BCUT2D eigenvalue weighted by molar-refractivity contribution is 0.0830. The second kappa shape index (κ2) is 12.1. The first-order valence-corrected chi connectivity index (χ1v) is 14.8. The van der Waals surface area contributed by atoms with Crippen LogP contribution in [0.4, 0.5) is 14.9 Å². The summed E-state index contributed by atoms with van der Waals surface area (Å²) in [5.74, 6) is 5.12. The van der Waals surface area contributed by atoms with Gasteiger partial charge in [-0.1, -0.05) is 24.8 Å². The number of likely N-dealkylation sites (N-methyl/N-ethyl adjacent to an activating group) is 1. The number of carbonyl (C=O) groups excluding carboxylic acids is 1. The van der Waals surface area contributed by atoms with E-state index in [2.05, 4.69) is 17.2 Å². The third kappa shape index (κ3) is 6.75. The Labute approximate surface area is 235 Å². The predicted molar refractivity (Wildman–Crippen MR) is 149 cm³/mol. The minimum atomic E-state index is -4.04. The Morgan fingerprint density at radius 1 is 1.27 bits per heavy atom. The number of carbonyl (C=O) groups is 1. The first-order valence-electron chi connectivity index (χ1n) is 13.4. The van der Waals surface area contributed by atoms with Crippen molar-refractivity contribution in [2.75, 3.05) is 32.1 Å². The van der Waals surface area contributed by atoms with Gasteiger partial charge in [0, 0.05) is 36.8 Å². The topological polar surface area (TPSA) is 119 Å². The molecule has 216 valence electrons. The van der Waals surface area contributed by atoms with Crippen LogP contribution in [0.1, 0.15) is 45.1 Å². The van der Waals surface area contributed by atoms with Crippen molar-refractivity contribution in [1.82, 2.24) is 9.21 Å². The van der Waals surface area contributed by atoms with Crippen molar-refractivity contribution in [3.63, 3.8) is 0 Å². The molecule has 9 nitrogen and oxygen atoms in total. The van der Waals surface area contributed by atoms with Gasteiger partial charge in [-0.05, 0) is 69.0 Å². The summed E-state index contributed by atoms with van der Waals surface area (Å²) in [6.07, 6.45) is 2.35. The van der Waals surface area contributed by atoms with Gasteiger partial charge in [0.05, 0.1) is 13.2 Å². The van der Waals surface area contributed by atoms with E-state index in [-0.39, 0.29) is 36.3 Å². The van der Waals surface area contributed by atoms with Crippen molar-refractivity contribution in [3.05, 3.63) is 53.8 Å². The van der Waals surface area contributed by atoms with Crippen molar-refractivity contribution in [2.24, 2.45) is 5.92 Å². The van der Waals surface area contributed by atoms with Crippen molar-refractivity contribution >= 4 is 21.7 Å². The number of rotatable bonds is 5. The third-order valence-corrected chi connectivity index (χ3v) is 9.43. The molecule has 0 radical (unpaired) electrons. The van der Waals surface area contributed by atoms with Crippen molar-refractivity contribution in [3.8, 4) is 17.6 Å². The number of halogens is 1. The number of hydrogen-bond acceptors (Lipinski definition) is 6. The molecule has 4 rings (SSSR count). The van der Waals surface area contributed by atoms with Gasteiger partial charge < -0.3 is 25.2 Å². The number of fused-ring (bicyclic) bond motifs is 1. The molecule has 0 bridgehead atoms. The zero-order valence-corrected chi connectivity index (χ0v) is 23.7. The highest BCUT2D eigenvalue weighted by Crippen LogP contribution is 2.34. The van der Waals surface area contributed by atoms with Crippen LogP contribution in [-0.4, -0.2) is 78.4 Å². The Kier molecular flexibility index (Phi) is 9.05. The van der Waals surface area contributed by atoms with Crippen LogP contribution in [0.2, 0.25) is 0 Å². The molecule has 1 aliphatic carbocycles. The Balaban J connectivity index is 1.65. The van der Waals surface area contributed by atoms with Gasteiger partial charge in [-0.25, -0.2) is 17.6 Å². The lowest BCUT2D eigenvalue weighted by Gasteiger charge is -2.37. The molecular weight excluding hydrogens is 537 g/mol. The number of ether oxygens (including phenoxy) is 1. The van der Waals surface area contributed by atoms with Gasteiger partial charge in [0.25, 0.3) is 0 Å². The highest BCUT2D eigenvalue weighted by molar-refractivity contribution is 7.89. The summed E-state index contributed by atoms with van der Waals surface area (Å²) in [4.78, 5) is 14.2. The number of anilines is 1. The molecule has 0 unspecified atom stereocenters. The second-order valence-electron chi connectivity index (χ2n) is 10.7. The first-order chi connectivity index (χ1) is 18.9. The fourth-order valence-corrected chi connectivity index (χ4v) is 6.76. The van der Waals surface area contributed by atoms with Gasteiger partial charge in [-0.15, -0.1) is 0 Å². The molecule has 0 saturated heterocycles. The van der Waals surface area contributed by atoms with Crippen LogP contribution in [0, 0.1) is 23.6 Å². The molecule has 1 saturated carbocycles. The number of amides is 2. The largest absolute Gasteiger partial charge is 0.487 e. The van der Waals surface area contributed by atoms with E-state index in [1.807, 2.05) is 6.92 Å². The molecule has 2 amide bonds. The van der Waals surface area contributed by atoms with E-state index in [4.69, 9.17) is 4.74 Å². The number of sulfonamides is 1. The zero-order chi connectivity index (χ0) is 29.1. The van der Waals surface area contributed by atoms with Crippen LogP contribution in [0.5, 0.6) is 5.75 Å². The SMILES string of the molecule is C[C@H]1CN([C@@H](C)CO)S(=O)(=O)c2ccc(C#CC3(O)CCCC3)cc2O[C@H]1CN(C)C(=O)Nc1cccc(F)c1. The van der Waals surface area contributed by atoms with Crippen LogP contribution in [0.25, 0.3) is 0 Å². The first kappa shape index (κ1) is 29.8. The van der Waals surface area contributed by atoms with Gasteiger partial charge in [0.1, 0.15) is 28.2 Å². The van der Waals surface area contributed by atoms with Gasteiger partial charge in [-0.2, -0.15) is 4.31 Å². The van der Waals surface area contributed by atoms with E-state index in [9.17, 15) is 27.8 Å². The molecule has 1 aliphatic heterocycles. The van der Waals surface area contributed by atoms with E-state index >= 15 is 0 Å². The Hall–Kier alpha value is -3.17. The van der Waals surface area contributed by atoms with Crippen molar-refractivity contribution in [2.45, 2.75) is 62.2 Å². The molecule has 11 heteroatoms. The Morgan fingerprint density at radius 2 is 2.00 bits per heavy atom. The van der Waals surface area contributed by atoms with Crippen LogP contribution in [0.15, 0.2) is 47.4 Å². The standard InChI is InChI=1S/C29H36FN3O6S/c1-20-17-33(21(2)19-34)40(37,38)27-10-9-22(11-14-29(36)12-4-5-13-29)15-25(27)39-26(20)18-32(3)28(35)31-24-8-6-7-23(30)16-24/h6-10,15-16,20-21,26,34,36H,4-5,12-13,17-19H2,1-3H3,(H,31,35)/t20-,21-,26-/m0/s1. The quantitative estimate of drug-likeness (QED) is 0.472. The monoisotopic (exact) mass is 573 g/mol. The van der Waals surface area contributed by atoms with Gasteiger partial charge in [-0.3, -0.25) is 0 Å². The number of nitrogens with one attached hydrogen (secondary N) is 1. The average Bonchev–Trinajstić information content (AvgIpc) is 3.35. The van der Waals surface area contributed by atoms with Gasteiger partial charge in [0.15, 0.2) is 0 Å². The van der Waals surface area contributed by atoms with Gasteiger partial charge in [0.2, 0.25) is 10.0 Å². The maximum Gasteiger partial charge on any atom is 0.321 e. The molecule has 2 aliphatic rings. The summed E-state index contributed by atoms with van der Waals surface area (Å²) >= 11 is 0. The predicted octanol–water partition coefficient (Wildman–Crippen LogP) is 3.41. The van der Waals surface area contributed by atoms with E-state index in [1.165, 1.54) is 39.5 Å². The maximum absolute atomic E-state index is 13.7. The molecule has 3 N–H and O–H groups in total. The minimum absolute atomic E-state index is 0.0577. The van der Waals surface area contributed by atoms with E-state index in [0.29, 0.717) is 24.1 Å². The van der Waals surface area contributed by atoms with Crippen LogP contribution in [0.3, 0.4) is 0 Å². The lowest BCUT2D eigenvalue weighted by Crippen LogP contribution is -2.50. The van der Waals surface area contributed by atoms with Crippen LogP contribution in [-0.2, 0) is 10.0 Å². The summed E-state index contributed by atoms with van der Waals surface area (Å²) in [5.41, 5.74) is -0.269. The number of urea groups is 1. The fourth-order valence-electron chi connectivity index (χ4n) is 4.93. The Morgan fingerprint density at radius 3 is 2.67 bits per heavy atom. The number of nitrogens with zero attached hydrogens (tertiary/aromatic N) is 2. The van der Waals surface area contributed by atoms with E-state index in [0.717, 1.165) is 12.8 Å². The van der Waals surface area contributed by atoms with Crippen molar-refractivity contribution < 1.29 is 32.6 Å². The summed E-state index contributed by atoms with van der Waals surface area (Å²) in [5, 5.41) is 23.1. The normalized spacial score (nSPS) is 22.4. The molecule has 2 aromatic carbocycles. The zero-order valence-electron chi connectivity index (χ0n) is 22.9. The molecular formula is C29H36FN3O6S. The van der Waals surface area contributed by atoms with Crippen LogP contribution >= 0.6 is 0 Å². The second-order valence-corrected chi connectivity index (χ2v) is 12.6. The molecule has 0 aromatic heterocycles. The number of aliphatic hydroxyl groups excluding tert-OH is 1.